The molecule has 6 nitrogen and oxygen atoms in total. The van der Waals surface area contributed by atoms with Gasteiger partial charge in [0.1, 0.15) is 0 Å². The molecule has 154 valence electrons. The lowest BCUT2D eigenvalue weighted by Gasteiger charge is -2.28. The van der Waals surface area contributed by atoms with E-state index in [0.717, 1.165) is 37.4 Å². The number of carbonyl (C=O) groups excluding carboxylic acids is 1. The van der Waals surface area contributed by atoms with Gasteiger partial charge in [-0.2, -0.15) is 0 Å². The molecule has 1 fully saturated rings. The minimum absolute atomic E-state index is 0.0557. The summed E-state index contributed by atoms with van der Waals surface area (Å²) in [5, 5.41) is 2.91. The van der Waals surface area contributed by atoms with Gasteiger partial charge < -0.3 is 15.1 Å². The van der Waals surface area contributed by atoms with Crippen LogP contribution in [-0.4, -0.2) is 51.5 Å². The van der Waals surface area contributed by atoms with Crippen LogP contribution < -0.4 is 15.1 Å². The number of para-hydroxylation sites is 2. The first-order valence-corrected chi connectivity index (χ1v) is 11.9. The fourth-order valence-corrected chi connectivity index (χ4v) is 5.85. The lowest BCUT2D eigenvalue weighted by Crippen LogP contribution is -2.43. The van der Waals surface area contributed by atoms with Crippen molar-refractivity contribution in [3.8, 4) is 0 Å². The zero-order valence-electron chi connectivity index (χ0n) is 16.5. The van der Waals surface area contributed by atoms with Crippen molar-refractivity contribution in [2.24, 2.45) is 0 Å². The highest BCUT2D eigenvalue weighted by atomic mass is 32.2. The van der Waals surface area contributed by atoms with Gasteiger partial charge in [-0.1, -0.05) is 42.5 Å². The Hall–Kier alpha value is -2.54. The molecule has 0 aliphatic carbocycles. The minimum Gasteiger partial charge on any atom is -0.365 e. The van der Waals surface area contributed by atoms with Gasteiger partial charge in [-0.05, 0) is 30.5 Å². The lowest BCUT2D eigenvalue weighted by atomic mass is 10.1. The van der Waals surface area contributed by atoms with Gasteiger partial charge in [-0.25, -0.2) is 8.42 Å². The van der Waals surface area contributed by atoms with Crippen molar-refractivity contribution in [1.29, 1.82) is 0 Å². The van der Waals surface area contributed by atoms with Crippen molar-refractivity contribution in [3.63, 3.8) is 0 Å². The lowest BCUT2D eigenvalue weighted by molar-refractivity contribution is -0.120. The van der Waals surface area contributed by atoms with Crippen LogP contribution in [0.4, 0.5) is 11.4 Å². The van der Waals surface area contributed by atoms with Crippen molar-refractivity contribution in [3.05, 3.63) is 60.2 Å². The zero-order valence-corrected chi connectivity index (χ0v) is 17.3. The van der Waals surface area contributed by atoms with E-state index in [1.165, 1.54) is 5.56 Å². The molecule has 2 aromatic carbocycles. The topological polar surface area (TPSA) is 69.7 Å². The third-order valence-electron chi connectivity index (χ3n) is 5.57. The van der Waals surface area contributed by atoms with Crippen LogP contribution in [0.5, 0.6) is 0 Å². The molecule has 2 aliphatic heterocycles. The van der Waals surface area contributed by atoms with Crippen LogP contribution in [-0.2, 0) is 21.2 Å². The maximum Gasteiger partial charge on any atom is 0.239 e. The second kappa shape index (κ2) is 8.45. The van der Waals surface area contributed by atoms with Gasteiger partial charge in [0.25, 0.3) is 0 Å². The van der Waals surface area contributed by atoms with Crippen molar-refractivity contribution in [1.82, 2.24) is 5.32 Å². The Balaban J connectivity index is 1.47. The molecule has 0 bridgehead atoms. The van der Waals surface area contributed by atoms with Crippen molar-refractivity contribution >= 4 is 27.1 Å². The first-order valence-electron chi connectivity index (χ1n) is 10.1. The standard InChI is InChI=1S/C22H27N3O3S/c26-22(23-19-11-14-29(27,28)17-19)16-25-13-6-12-24(15-18-7-2-1-3-8-18)20-9-4-5-10-21(20)25/h1-5,7-10,19H,6,11-17H2,(H,23,26). The van der Waals surface area contributed by atoms with Crippen LogP contribution in [0.2, 0.25) is 0 Å². The fourth-order valence-electron chi connectivity index (χ4n) is 4.18. The summed E-state index contributed by atoms with van der Waals surface area (Å²) in [5.41, 5.74) is 3.44. The van der Waals surface area contributed by atoms with Gasteiger partial charge in [-0.15, -0.1) is 0 Å². The Morgan fingerprint density at radius 2 is 1.62 bits per heavy atom. The average molecular weight is 414 g/mol. The SMILES string of the molecule is O=C(CN1CCCN(Cc2ccccc2)c2ccccc21)NC1CCS(=O)(=O)C1. The van der Waals surface area contributed by atoms with Gasteiger partial charge in [-0.3, -0.25) is 4.79 Å². The van der Waals surface area contributed by atoms with Crippen molar-refractivity contribution < 1.29 is 13.2 Å². The van der Waals surface area contributed by atoms with E-state index in [0.29, 0.717) is 6.42 Å². The summed E-state index contributed by atoms with van der Waals surface area (Å²) in [6.07, 6.45) is 1.46. The Kier molecular flexibility index (Phi) is 5.76. The van der Waals surface area contributed by atoms with Crippen molar-refractivity contribution in [2.45, 2.75) is 25.4 Å². The average Bonchev–Trinajstić information content (AvgIpc) is 2.95. The second-order valence-electron chi connectivity index (χ2n) is 7.84. The smallest absolute Gasteiger partial charge is 0.239 e. The molecule has 2 heterocycles. The number of hydrogen-bond donors (Lipinski definition) is 1. The van der Waals surface area contributed by atoms with E-state index in [2.05, 4.69) is 51.5 Å². The molecule has 0 spiro atoms. The van der Waals surface area contributed by atoms with Crippen LogP contribution in [0.3, 0.4) is 0 Å². The fraction of sp³-hybridized carbons (Fsp3) is 0.409. The Morgan fingerprint density at radius 1 is 0.966 bits per heavy atom. The van der Waals surface area contributed by atoms with Crippen LogP contribution in [0.15, 0.2) is 54.6 Å². The van der Waals surface area contributed by atoms with E-state index in [1.807, 2.05) is 18.2 Å². The predicted octanol–water partition coefficient (Wildman–Crippen LogP) is 2.21. The molecule has 1 atom stereocenters. The molecule has 0 aromatic heterocycles. The van der Waals surface area contributed by atoms with Crippen molar-refractivity contribution in [2.75, 3.05) is 40.9 Å². The van der Waals surface area contributed by atoms with E-state index in [9.17, 15) is 13.2 Å². The number of rotatable bonds is 5. The number of hydrogen-bond acceptors (Lipinski definition) is 5. The summed E-state index contributed by atoms with van der Waals surface area (Å²) >= 11 is 0. The van der Waals surface area contributed by atoms with Crippen LogP contribution in [0.1, 0.15) is 18.4 Å². The van der Waals surface area contributed by atoms with Crippen LogP contribution in [0, 0.1) is 0 Å². The Bertz CT molecular complexity index is 962. The number of nitrogens with zero attached hydrogens (tertiary/aromatic N) is 2. The number of benzene rings is 2. The molecule has 0 saturated carbocycles. The maximum absolute atomic E-state index is 12.6. The highest BCUT2D eigenvalue weighted by Gasteiger charge is 2.29. The van der Waals surface area contributed by atoms with Gasteiger partial charge in [0.15, 0.2) is 9.84 Å². The third kappa shape index (κ3) is 4.90. The molecule has 2 aliphatic rings. The summed E-state index contributed by atoms with van der Waals surface area (Å²) in [6, 6.07) is 18.3. The number of amides is 1. The van der Waals surface area contributed by atoms with Gasteiger partial charge in [0, 0.05) is 25.7 Å². The highest BCUT2D eigenvalue weighted by molar-refractivity contribution is 7.91. The molecule has 4 rings (SSSR count). The van der Waals surface area contributed by atoms with Gasteiger partial charge >= 0.3 is 0 Å². The molecule has 1 saturated heterocycles. The number of fused-ring (bicyclic) bond motifs is 1. The molecule has 0 radical (unpaired) electrons. The predicted molar refractivity (Wildman–Crippen MR) is 116 cm³/mol. The van der Waals surface area contributed by atoms with Crippen LogP contribution >= 0.6 is 0 Å². The van der Waals surface area contributed by atoms with Crippen LogP contribution in [0.25, 0.3) is 0 Å². The second-order valence-corrected chi connectivity index (χ2v) is 10.1. The first-order chi connectivity index (χ1) is 14.0. The Labute approximate surface area is 172 Å². The summed E-state index contributed by atoms with van der Waals surface area (Å²) in [6.45, 7) is 2.79. The van der Waals surface area contributed by atoms with E-state index < -0.39 is 9.84 Å². The largest absolute Gasteiger partial charge is 0.365 e. The van der Waals surface area contributed by atoms with E-state index in [-0.39, 0.29) is 30.0 Å². The summed E-state index contributed by atoms with van der Waals surface area (Å²) in [4.78, 5) is 17.1. The number of nitrogens with one attached hydrogen (secondary N) is 1. The molecule has 29 heavy (non-hydrogen) atoms. The summed E-state index contributed by atoms with van der Waals surface area (Å²) in [5.74, 6) is 0.109. The summed E-state index contributed by atoms with van der Waals surface area (Å²) in [7, 11) is -3.00. The highest BCUT2D eigenvalue weighted by Crippen LogP contribution is 2.33. The van der Waals surface area contributed by atoms with E-state index in [4.69, 9.17) is 0 Å². The van der Waals surface area contributed by atoms with Gasteiger partial charge in [0.05, 0.1) is 29.4 Å². The number of sulfone groups is 1. The molecule has 7 heteroatoms. The molecular weight excluding hydrogens is 386 g/mol. The molecule has 1 unspecified atom stereocenters. The normalized spacial score (nSPS) is 20.8. The Morgan fingerprint density at radius 3 is 2.31 bits per heavy atom. The monoisotopic (exact) mass is 413 g/mol. The first kappa shape index (κ1) is 19.8. The molecule has 2 aromatic rings. The van der Waals surface area contributed by atoms with E-state index in [1.54, 1.807) is 0 Å². The zero-order chi connectivity index (χ0) is 20.3. The number of carbonyl (C=O) groups is 1. The van der Waals surface area contributed by atoms with E-state index >= 15 is 0 Å². The molecule has 1 N–H and O–H groups in total. The molecule has 1 amide bonds. The third-order valence-corrected chi connectivity index (χ3v) is 7.34. The maximum atomic E-state index is 12.6. The summed E-state index contributed by atoms with van der Waals surface area (Å²) < 4.78 is 23.3. The van der Waals surface area contributed by atoms with Gasteiger partial charge in [0.2, 0.25) is 5.91 Å². The number of anilines is 2. The quantitative estimate of drug-likeness (QED) is 0.814. The molecular formula is C22H27N3O3S. The minimum atomic E-state index is -3.00.